The van der Waals surface area contributed by atoms with Gasteiger partial charge in [0.2, 0.25) is 11.8 Å². The number of benzene rings is 4. The number of anilines is 1. The standard InChI is InChI=1S/C33H33Cl2N3O4S/c1-3-36-33(40)31(20-25-12-6-4-7-13-25)37(22-26-14-10-11-24(2)19-26)32(39)23-38(30-21-27(34)17-18-29(30)35)43(41,42)28-15-8-5-9-16-28/h4-19,21,31H,3,20,22-23H2,1-2H3,(H,36,40). The van der Waals surface area contributed by atoms with Crippen molar-refractivity contribution >= 4 is 50.7 Å². The number of amides is 2. The largest absolute Gasteiger partial charge is 0.355 e. The first-order chi connectivity index (χ1) is 20.6. The van der Waals surface area contributed by atoms with Crippen LogP contribution in [0, 0.1) is 6.92 Å². The van der Waals surface area contributed by atoms with E-state index in [1.807, 2.05) is 61.5 Å². The van der Waals surface area contributed by atoms with Crippen molar-refractivity contribution in [2.75, 3.05) is 17.4 Å². The van der Waals surface area contributed by atoms with Gasteiger partial charge in [-0.1, -0.05) is 102 Å². The molecule has 1 atom stereocenters. The van der Waals surface area contributed by atoms with Gasteiger partial charge in [0.05, 0.1) is 15.6 Å². The molecule has 0 fully saturated rings. The third-order valence-corrected chi connectivity index (χ3v) is 9.17. The molecule has 1 N–H and O–H groups in total. The zero-order chi connectivity index (χ0) is 31.0. The summed E-state index contributed by atoms with van der Waals surface area (Å²) in [5.74, 6) is -0.921. The molecule has 2 amide bonds. The molecule has 43 heavy (non-hydrogen) atoms. The monoisotopic (exact) mass is 637 g/mol. The van der Waals surface area contributed by atoms with Gasteiger partial charge in [-0.25, -0.2) is 8.42 Å². The fourth-order valence-corrected chi connectivity index (χ4v) is 6.65. The summed E-state index contributed by atoms with van der Waals surface area (Å²) in [5.41, 5.74) is 2.70. The van der Waals surface area contributed by atoms with Crippen LogP contribution in [0.15, 0.2) is 108 Å². The van der Waals surface area contributed by atoms with Gasteiger partial charge in [-0.15, -0.1) is 0 Å². The van der Waals surface area contributed by atoms with Crippen LogP contribution < -0.4 is 9.62 Å². The minimum absolute atomic E-state index is 0.0198. The normalized spacial score (nSPS) is 11.9. The number of sulfonamides is 1. The lowest BCUT2D eigenvalue weighted by atomic mass is 10.0. The highest BCUT2D eigenvalue weighted by Gasteiger charge is 2.35. The second-order valence-electron chi connectivity index (χ2n) is 10.0. The predicted molar refractivity (Wildman–Crippen MR) is 172 cm³/mol. The lowest BCUT2D eigenvalue weighted by Gasteiger charge is -2.34. The molecule has 0 aliphatic heterocycles. The Kier molecular flexibility index (Phi) is 10.9. The van der Waals surface area contributed by atoms with Gasteiger partial charge in [-0.05, 0) is 55.3 Å². The summed E-state index contributed by atoms with van der Waals surface area (Å²) >= 11 is 12.8. The smallest absolute Gasteiger partial charge is 0.264 e. The quantitative estimate of drug-likeness (QED) is 0.198. The summed E-state index contributed by atoms with van der Waals surface area (Å²) in [5, 5.41) is 3.21. The van der Waals surface area contributed by atoms with Crippen LogP contribution in [0.25, 0.3) is 0 Å². The lowest BCUT2D eigenvalue weighted by molar-refractivity contribution is -0.140. The second kappa shape index (κ2) is 14.6. The molecule has 7 nitrogen and oxygen atoms in total. The van der Waals surface area contributed by atoms with Gasteiger partial charge in [0.25, 0.3) is 10.0 Å². The average Bonchev–Trinajstić information content (AvgIpc) is 3.00. The maximum Gasteiger partial charge on any atom is 0.264 e. The molecule has 0 bridgehead atoms. The lowest BCUT2D eigenvalue weighted by Crippen LogP contribution is -2.53. The Morgan fingerprint density at radius 3 is 2.14 bits per heavy atom. The van der Waals surface area contributed by atoms with Gasteiger partial charge >= 0.3 is 0 Å². The number of nitrogens with one attached hydrogen (secondary N) is 1. The van der Waals surface area contributed by atoms with Crippen molar-refractivity contribution in [2.24, 2.45) is 0 Å². The van der Waals surface area contributed by atoms with Gasteiger partial charge in [0.15, 0.2) is 0 Å². The molecule has 4 aromatic rings. The Morgan fingerprint density at radius 2 is 1.49 bits per heavy atom. The molecule has 224 valence electrons. The molecule has 0 saturated carbocycles. The van der Waals surface area contributed by atoms with E-state index in [1.54, 1.807) is 25.1 Å². The topological polar surface area (TPSA) is 86.8 Å². The van der Waals surface area contributed by atoms with Crippen molar-refractivity contribution < 1.29 is 18.0 Å². The fourth-order valence-electron chi connectivity index (χ4n) is 4.76. The Morgan fingerprint density at radius 1 is 0.837 bits per heavy atom. The number of carbonyl (C=O) groups is 2. The summed E-state index contributed by atoms with van der Waals surface area (Å²) in [6.07, 6.45) is 0.230. The third kappa shape index (κ3) is 8.16. The second-order valence-corrected chi connectivity index (χ2v) is 12.7. The molecular weight excluding hydrogens is 605 g/mol. The molecule has 10 heteroatoms. The van der Waals surface area contributed by atoms with Crippen molar-refractivity contribution in [3.63, 3.8) is 0 Å². The van der Waals surface area contributed by atoms with E-state index in [1.165, 1.54) is 35.2 Å². The predicted octanol–water partition coefficient (Wildman–Crippen LogP) is 6.27. The van der Waals surface area contributed by atoms with Crippen LogP contribution in [0.3, 0.4) is 0 Å². The number of hydrogen-bond donors (Lipinski definition) is 1. The molecule has 0 aliphatic rings. The van der Waals surface area contributed by atoms with Gasteiger partial charge in [-0.3, -0.25) is 13.9 Å². The minimum atomic E-state index is -4.27. The van der Waals surface area contributed by atoms with E-state index in [0.717, 1.165) is 21.0 Å². The molecule has 1 unspecified atom stereocenters. The van der Waals surface area contributed by atoms with E-state index in [-0.39, 0.29) is 39.5 Å². The third-order valence-electron chi connectivity index (χ3n) is 6.84. The maximum atomic E-state index is 14.4. The van der Waals surface area contributed by atoms with Crippen molar-refractivity contribution in [1.82, 2.24) is 10.2 Å². The first-order valence-electron chi connectivity index (χ1n) is 13.8. The zero-order valence-corrected chi connectivity index (χ0v) is 26.2. The Balaban J connectivity index is 1.82. The SMILES string of the molecule is CCNC(=O)C(Cc1ccccc1)N(Cc1cccc(C)c1)C(=O)CN(c1cc(Cl)ccc1Cl)S(=O)(=O)c1ccccc1. The summed E-state index contributed by atoms with van der Waals surface area (Å²) in [4.78, 5) is 29.4. The van der Waals surface area contributed by atoms with Crippen molar-refractivity contribution in [2.45, 2.75) is 37.8 Å². The van der Waals surface area contributed by atoms with E-state index < -0.39 is 28.5 Å². The van der Waals surface area contributed by atoms with E-state index in [2.05, 4.69) is 5.32 Å². The average molecular weight is 639 g/mol. The number of hydrogen-bond acceptors (Lipinski definition) is 4. The molecule has 0 spiro atoms. The minimum Gasteiger partial charge on any atom is -0.355 e. The number of rotatable bonds is 12. The van der Waals surface area contributed by atoms with Crippen LogP contribution in [0.4, 0.5) is 5.69 Å². The van der Waals surface area contributed by atoms with Gasteiger partial charge in [0, 0.05) is 24.5 Å². The van der Waals surface area contributed by atoms with Crippen LogP contribution >= 0.6 is 23.2 Å². The van der Waals surface area contributed by atoms with Crippen molar-refractivity contribution in [1.29, 1.82) is 0 Å². The highest BCUT2D eigenvalue weighted by molar-refractivity contribution is 7.92. The number of likely N-dealkylation sites (N-methyl/N-ethyl adjacent to an activating group) is 1. The Bertz CT molecular complexity index is 1670. The van der Waals surface area contributed by atoms with Gasteiger partial charge < -0.3 is 10.2 Å². The van der Waals surface area contributed by atoms with E-state index >= 15 is 0 Å². The maximum absolute atomic E-state index is 14.4. The van der Waals surface area contributed by atoms with Gasteiger partial charge in [0.1, 0.15) is 12.6 Å². The Hall–Kier alpha value is -3.85. The highest BCUT2D eigenvalue weighted by Crippen LogP contribution is 2.33. The zero-order valence-electron chi connectivity index (χ0n) is 23.9. The van der Waals surface area contributed by atoms with Crippen LogP contribution in [-0.4, -0.2) is 44.3 Å². The number of halogens is 2. The van der Waals surface area contributed by atoms with E-state index in [0.29, 0.717) is 6.54 Å². The van der Waals surface area contributed by atoms with Gasteiger partial charge in [-0.2, -0.15) is 0 Å². The van der Waals surface area contributed by atoms with Crippen molar-refractivity contribution in [3.05, 3.63) is 130 Å². The summed E-state index contributed by atoms with van der Waals surface area (Å²) < 4.78 is 29.0. The van der Waals surface area contributed by atoms with Crippen molar-refractivity contribution in [3.8, 4) is 0 Å². The van der Waals surface area contributed by atoms with Crippen LogP contribution in [0.2, 0.25) is 10.0 Å². The number of carbonyl (C=O) groups excluding carboxylic acids is 2. The Labute approximate surface area is 263 Å². The van der Waals surface area contributed by atoms with E-state index in [4.69, 9.17) is 23.2 Å². The molecule has 0 heterocycles. The van der Waals surface area contributed by atoms with Crippen LogP contribution in [0.1, 0.15) is 23.6 Å². The summed E-state index contributed by atoms with van der Waals surface area (Å²) in [6.45, 7) is 3.57. The van der Waals surface area contributed by atoms with E-state index in [9.17, 15) is 18.0 Å². The van der Waals surface area contributed by atoms with Crippen LogP contribution in [0.5, 0.6) is 0 Å². The molecule has 0 aliphatic carbocycles. The molecule has 4 rings (SSSR count). The molecular formula is C33H33Cl2N3O4S. The summed E-state index contributed by atoms with van der Waals surface area (Å²) in [7, 11) is -4.27. The fraction of sp³-hybridized carbons (Fsp3) is 0.212. The molecule has 0 aromatic heterocycles. The summed E-state index contributed by atoms with van der Waals surface area (Å²) in [6, 6.07) is 28.3. The molecule has 0 saturated heterocycles. The molecule has 4 aromatic carbocycles. The molecule has 0 radical (unpaired) electrons. The first-order valence-corrected chi connectivity index (χ1v) is 16.0. The number of aryl methyl sites for hydroxylation is 1. The first kappa shape index (κ1) is 32.1. The van der Waals surface area contributed by atoms with Crippen LogP contribution in [-0.2, 0) is 32.6 Å². The number of nitrogens with zero attached hydrogens (tertiary/aromatic N) is 2. The highest BCUT2D eigenvalue weighted by atomic mass is 35.5.